The number of hydrogen-bond donors (Lipinski definition) is 2. The fourth-order valence-corrected chi connectivity index (χ4v) is 2.26. The smallest absolute Gasteiger partial charge is 0.0445 e. The van der Waals surface area contributed by atoms with E-state index in [1.54, 1.807) is 0 Å². The number of nitrogens with one attached hydrogen (secondary N) is 1. The van der Waals surface area contributed by atoms with E-state index < -0.39 is 0 Å². The van der Waals surface area contributed by atoms with Gasteiger partial charge in [-0.2, -0.15) is 0 Å². The van der Waals surface area contributed by atoms with Crippen molar-refractivity contribution in [2.75, 3.05) is 6.61 Å². The summed E-state index contributed by atoms with van der Waals surface area (Å²) < 4.78 is 0. The zero-order valence-electron chi connectivity index (χ0n) is 12.4. The van der Waals surface area contributed by atoms with Crippen LogP contribution in [0.15, 0.2) is 12.1 Å². The van der Waals surface area contributed by atoms with Crippen LogP contribution >= 0.6 is 0 Å². The molecule has 0 aliphatic rings. The molecule has 0 aliphatic heterocycles. The zero-order valence-corrected chi connectivity index (χ0v) is 12.4. The van der Waals surface area contributed by atoms with Gasteiger partial charge in [-0.25, -0.2) is 0 Å². The van der Waals surface area contributed by atoms with Gasteiger partial charge < -0.3 is 10.4 Å². The Labute approximate surface area is 111 Å². The van der Waals surface area contributed by atoms with Crippen LogP contribution in [0.3, 0.4) is 0 Å². The Morgan fingerprint density at radius 1 is 1.06 bits per heavy atom. The molecule has 2 nitrogen and oxygen atoms in total. The molecule has 0 saturated carbocycles. The van der Waals surface area contributed by atoms with Gasteiger partial charge in [0.15, 0.2) is 0 Å². The highest BCUT2D eigenvalue weighted by atomic mass is 16.3. The molecule has 2 N–H and O–H groups in total. The Hall–Kier alpha value is -0.860. The topological polar surface area (TPSA) is 32.3 Å². The lowest BCUT2D eigenvalue weighted by Gasteiger charge is -2.22. The number of aliphatic hydroxyl groups is 1. The van der Waals surface area contributed by atoms with E-state index in [0.29, 0.717) is 12.0 Å². The largest absolute Gasteiger partial charge is 0.396 e. The van der Waals surface area contributed by atoms with E-state index in [1.165, 1.54) is 22.3 Å². The Kier molecular flexibility index (Phi) is 5.83. The number of aryl methyl sites for hydroxylation is 3. The van der Waals surface area contributed by atoms with Gasteiger partial charge in [-0.15, -0.1) is 0 Å². The van der Waals surface area contributed by atoms with Crippen molar-refractivity contribution in [3.63, 3.8) is 0 Å². The average molecular weight is 249 g/mol. The lowest BCUT2D eigenvalue weighted by Crippen LogP contribution is -2.34. The molecule has 0 heterocycles. The number of aliphatic hydroxyl groups excluding tert-OH is 1. The monoisotopic (exact) mass is 249 g/mol. The molecule has 0 spiro atoms. The van der Waals surface area contributed by atoms with E-state index >= 15 is 0 Å². The first-order valence-corrected chi connectivity index (χ1v) is 6.86. The number of rotatable bonds is 6. The Morgan fingerprint density at radius 3 is 2.22 bits per heavy atom. The van der Waals surface area contributed by atoms with Gasteiger partial charge in [-0.05, 0) is 55.4 Å². The van der Waals surface area contributed by atoms with Crippen LogP contribution in [-0.4, -0.2) is 17.8 Å². The predicted octanol–water partition coefficient (Wildman–Crippen LogP) is 3.11. The van der Waals surface area contributed by atoms with Gasteiger partial charge in [0.2, 0.25) is 0 Å². The van der Waals surface area contributed by atoms with Crippen molar-refractivity contribution in [1.82, 2.24) is 5.32 Å². The highest BCUT2D eigenvalue weighted by molar-refractivity contribution is 5.36. The first-order chi connectivity index (χ1) is 8.45. The molecule has 1 atom stereocenters. The Morgan fingerprint density at radius 2 is 1.67 bits per heavy atom. The van der Waals surface area contributed by atoms with Crippen molar-refractivity contribution in [2.24, 2.45) is 5.92 Å². The highest BCUT2D eigenvalue weighted by Gasteiger charge is 2.12. The van der Waals surface area contributed by atoms with Crippen LogP contribution in [0.5, 0.6) is 0 Å². The first-order valence-electron chi connectivity index (χ1n) is 6.86. The minimum atomic E-state index is 0.252. The van der Waals surface area contributed by atoms with Gasteiger partial charge in [0.25, 0.3) is 0 Å². The number of benzene rings is 1. The van der Waals surface area contributed by atoms with Crippen LogP contribution in [0.4, 0.5) is 0 Å². The number of hydrogen-bond acceptors (Lipinski definition) is 2. The van der Waals surface area contributed by atoms with Crippen LogP contribution in [-0.2, 0) is 6.54 Å². The van der Waals surface area contributed by atoms with E-state index in [4.69, 9.17) is 5.11 Å². The lowest BCUT2D eigenvalue weighted by molar-refractivity contribution is 0.244. The Bertz CT molecular complexity index is 385. The second-order valence-corrected chi connectivity index (χ2v) is 5.61. The zero-order chi connectivity index (χ0) is 13.7. The minimum Gasteiger partial charge on any atom is -0.396 e. The van der Waals surface area contributed by atoms with E-state index in [1.807, 2.05) is 0 Å². The summed E-state index contributed by atoms with van der Waals surface area (Å²) in [6.07, 6.45) is 0.821. The predicted molar refractivity (Wildman–Crippen MR) is 77.8 cm³/mol. The van der Waals surface area contributed by atoms with Gasteiger partial charge in [-0.3, -0.25) is 0 Å². The van der Waals surface area contributed by atoms with Gasteiger partial charge >= 0.3 is 0 Å². The lowest BCUT2D eigenvalue weighted by atomic mass is 9.98. The van der Waals surface area contributed by atoms with Crippen molar-refractivity contribution in [3.8, 4) is 0 Å². The van der Waals surface area contributed by atoms with Crippen LogP contribution in [0.1, 0.15) is 42.5 Å². The summed E-state index contributed by atoms with van der Waals surface area (Å²) in [6, 6.07) is 4.91. The van der Waals surface area contributed by atoms with E-state index in [-0.39, 0.29) is 6.61 Å². The molecule has 18 heavy (non-hydrogen) atoms. The van der Waals surface area contributed by atoms with Crippen molar-refractivity contribution < 1.29 is 5.11 Å². The molecule has 0 amide bonds. The Balaban J connectivity index is 2.70. The average Bonchev–Trinajstić information content (AvgIpc) is 2.30. The van der Waals surface area contributed by atoms with Crippen LogP contribution in [0, 0.1) is 26.7 Å². The second-order valence-electron chi connectivity index (χ2n) is 5.61. The molecule has 1 aromatic carbocycles. The van der Waals surface area contributed by atoms with Gasteiger partial charge in [-0.1, -0.05) is 26.0 Å². The molecule has 1 aromatic rings. The molecule has 2 heteroatoms. The van der Waals surface area contributed by atoms with E-state index in [2.05, 4.69) is 52.1 Å². The maximum Gasteiger partial charge on any atom is 0.0445 e. The maximum atomic E-state index is 9.08. The molecular weight excluding hydrogens is 222 g/mol. The third kappa shape index (κ3) is 4.11. The SMILES string of the molecule is Cc1cc(C)c(CNC(CCO)C(C)C)cc1C. The third-order valence-corrected chi connectivity index (χ3v) is 3.75. The summed E-state index contributed by atoms with van der Waals surface area (Å²) in [4.78, 5) is 0. The van der Waals surface area contributed by atoms with Crippen molar-refractivity contribution in [2.45, 2.75) is 53.6 Å². The van der Waals surface area contributed by atoms with E-state index in [9.17, 15) is 0 Å². The van der Waals surface area contributed by atoms with Crippen molar-refractivity contribution in [3.05, 3.63) is 34.4 Å². The van der Waals surface area contributed by atoms with Gasteiger partial charge in [0.1, 0.15) is 0 Å². The molecule has 0 aromatic heterocycles. The molecule has 0 aliphatic carbocycles. The quantitative estimate of drug-likeness (QED) is 0.812. The highest BCUT2D eigenvalue weighted by Crippen LogP contribution is 2.16. The van der Waals surface area contributed by atoms with Crippen LogP contribution in [0.25, 0.3) is 0 Å². The fraction of sp³-hybridized carbons (Fsp3) is 0.625. The normalized spacial score (nSPS) is 13.1. The summed E-state index contributed by atoms with van der Waals surface area (Å²) >= 11 is 0. The molecule has 0 saturated heterocycles. The third-order valence-electron chi connectivity index (χ3n) is 3.75. The van der Waals surface area contributed by atoms with E-state index in [0.717, 1.165) is 13.0 Å². The summed E-state index contributed by atoms with van der Waals surface area (Å²) in [5, 5.41) is 12.6. The molecule has 102 valence electrons. The minimum absolute atomic E-state index is 0.252. The van der Waals surface area contributed by atoms with Crippen molar-refractivity contribution in [1.29, 1.82) is 0 Å². The van der Waals surface area contributed by atoms with Crippen molar-refractivity contribution >= 4 is 0 Å². The summed E-state index contributed by atoms with van der Waals surface area (Å²) in [5.41, 5.74) is 5.41. The van der Waals surface area contributed by atoms with Gasteiger partial charge in [0.05, 0.1) is 0 Å². The molecule has 1 unspecified atom stereocenters. The second kappa shape index (κ2) is 6.91. The first kappa shape index (κ1) is 15.2. The molecule has 0 radical (unpaired) electrons. The molecular formula is C16H27NO. The summed E-state index contributed by atoms with van der Waals surface area (Å²) in [7, 11) is 0. The summed E-state index contributed by atoms with van der Waals surface area (Å²) in [5.74, 6) is 0.545. The van der Waals surface area contributed by atoms with Crippen LogP contribution < -0.4 is 5.32 Å². The van der Waals surface area contributed by atoms with Gasteiger partial charge in [0, 0.05) is 19.2 Å². The maximum absolute atomic E-state index is 9.08. The summed E-state index contributed by atoms with van der Waals surface area (Å²) in [6.45, 7) is 12.0. The molecule has 0 bridgehead atoms. The standard InChI is InChI=1S/C16H27NO/c1-11(2)16(6-7-18)17-10-15-9-13(4)12(3)8-14(15)5/h8-9,11,16-18H,6-7,10H2,1-5H3. The molecule has 0 fully saturated rings. The van der Waals surface area contributed by atoms with Crippen LogP contribution in [0.2, 0.25) is 0 Å². The molecule has 1 rings (SSSR count). The fourth-order valence-electron chi connectivity index (χ4n) is 2.26.